The van der Waals surface area contributed by atoms with Gasteiger partial charge >= 0.3 is 0 Å². The number of halogens is 1. The van der Waals surface area contributed by atoms with E-state index in [0.717, 1.165) is 22.4 Å². The quantitative estimate of drug-likeness (QED) is 0.776. The molecule has 0 aliphatic heterocycles. The van der Waals surface area contributed by atoms with Crippen molar-refractivity contribution < 1.29 is 19.1 Å². The zero-order chi connectivity index (χ0) is 20.8. The van der Waals surface area contributed by atoms with Gasteiger partial charge in [0.2, 0.25) is 5.95 Å². The molecule has 7 heteroatoms. The standard InChI is InChI=1S/C19H26FN3O.CH2O2/c1-12(11-19(3,4)5)14-9-7-8-10-15(14)21-18(24)16-13(2)22-23(6)17(16)20;2-1-3/h7-10,12H,11H2,1-6H3,(H,21,24);1H,(H,2,3). The highest BCUT2D eigenvalue weighted by molar-refractivity contribution is 6.05. The van der Waals surface area contributed by atoms with Crippen molar-refractivity contribution in [1.29, 1.82) is 0 Å². The lowest BCUT2D eigenvalue weighted by Crippen LogP contribution is -2.17. The second-order valence-corrected chi connectivity index (χ2v) is 7.69. The van der Waals surface area contributed by atoms with Gasteiger partial charge < -0.3 is 10.4 Å². The molecule has 1 amide bonds. The zero-order valence-corrected chi connectivity index (χ0v) is 16.7. The highest BCUT2D eigenvalue weighted by atomic mass is 19.1. The summed E-state index contributed by atoms with van der Waals surface area (Å²) in [5.41, 5.74) is 2.34. The molecule has 0 spiro atoms. The Bertz CT molecular complexity index is 794. The van der Waals surface area contributed by atoms with E-state index in [9.17, 15) is 9.18 Å². The first-order chi connectivity index (χ1) is 12.5. The van der Waals surface area contributed by atoms with Gasteiger partial charge in [-0.05, 0) is 36.3 Å². The van der Waals surface area contributed by atoms with E-state index in [1.165, 1.54) is 7.05 Å². The normalized spacial score (nSPS) is 12.0. The van der Waals surface area contributed by atoms with Crippen LogP contribution in [-0.2, 0) is 11.8 Å². The lowest BCUT2D eigenvalue weighted by atomic mass is 9.82. The van der Waals surface area contributed by atoms with Crippen LogP contribution in [0, 0.1) is 18.3 Å². The van der Waals surface area contributed by atoms with Crippen molar-refractivity contribution in [2.24, 2.45) is 12.5 Å². The Hall–Kier alpha value is -2.70. The number of anilines is 1. The molecule has 0 saturated heterocycles. The number of hydrogen-bond acceptors (Lipinski definition) is 3. The van der Waals surface area contributed by atoms with Gasteiger partial charge in [0.1, 0.15) is 5.56 Å². The molecule has 1 unspecified atom stereocenters. The van der Waals surface area contributed by atoms with Crippen LogP contribution < -0.4 is 5.32 Å². The molecule has 1 aromatic carbocycles. The van der Waals surface area contributed by atoms with Gasteiger partial charge in [0.15, 0.2) is 0 Å². The number of carboxylic acid groups (broad SMARTS) is 1. The predicted octanol–water partition coefficient (Wildman–Crippen LogP) is 4.36. The smallest absolute Gasteiger partial charge is 0.290 e. The maximum Gasteiger partial charge on any atom is 0.290 e. The molecular weight excluding hydrogens is 349 g/mol. The number of nitrogens with one attached hydrogen (secondary N) is 1. The van der Waals surface area contributed by atoms with Crippen LogP contribution in [0.2, 0.25) is 0 Å². The van der Waals surface area contributed by atoms with Crippen molar-refractivity contribution in [3.63, 3.8) is 0 Å². The molecule has 1 heterocycles. The second-order valence-electron chi connectivity index (χ2n) is 7.69. The average Bonchev–Trinajstić information content (AvgIpc) is 2.79. The van der Waals surface area contributed by atoms with E-state index in [1.54, 1.807) is 6.92 Å². The third-order valence-electron chi connectivity index (χ3n) is 4.04. The molecule has 0 aliphatic carbocycles. The van der Waals surface area contributed by atoms with Gasteiger partial charge in [-0.25, -0.2) is 4.68 Å². The zero-order valence-electron chi connectivity index (χ0n) is 16.7. The van der Waals surface area contributed by atoms with E-state index in [1.807, 2.05) is 24.3 Å². The molecule has 0 bridgehead atoms. The SMILES string of the molecule is Cc1nn(C)c(F)c1C(=O)Nc1ccccc1C(C)CC(C)(C)C.O=CO. The maximum absolute atomic E-state index is 14.1. The molecule has 148 valence electrons. The van der Waals surface area contributed by atoms with E-state index >= 15 is 0 Å². The van der Waals surface area contributed by atoms with Gasteiger partial charge in [-0.1, -0.05) is 45.9 Å². The lowest BCUT2D eigenvalue weighted by molar-refractivity contribution is -0.122. The first-order valence-corrected chi connectivity index (χ1v) is 8.69. The molecule has 2 aromatic rings. The summed E-state index contributed by atoms with van der Waals surface area (Å²) >= 11 is 0. The van der Waals surface area contributed by atoms with Crippen LogP contribution in [0.15, 0.2) is 24.3 Å². The van der Waals surface area contributed by atoms with Crippen LogP contribution in [-0.4, -0.2) is 27.3 Å². The minimum atomic E-state index is -0.620. The topological polar surface area (TPSA) is 84.2 Å². The number of amides is 1. The van der Waals surface area contributed by atoms with Gasteiger partial charge in [0.05, 0.1) is 5.69 Å². The molecule has 0 saturated carbocycles. The van der Waals surface area contributed by atoms with Gasteiger partial charge in [-0.2, -0.15) is 9.49 Å². The fourth-order valence-corrected chi connectivity index (χ4v) is 3.14. The van der Waals surface area contributed by atoms with E-state index < -0.39 is 11.9 Å². The predicted molar refractivity (Wildman–Crippen MR) is 103 cm³/mol. The summed E-state index contributed by atoms with van der Waals surface area (Å²) < 4.78 is 15.2. The highest BCUT2D eigenvalue weighted by Crippen LogP contribution is 2.34. The van der Waals surface area contributed by atoms with Crippen molar-refractivity contribution >= 4 is 18.1 Å². The highest BCUT2D eigenvalue weighted by Gasteiger charge is 2.23. The molecular formula is C20H28FN3O3. The number of carbonyl (C=O) groups excluding carboxylic acids is 1. The molecule has 6 nitrogen and oxygen atoms in total. The van der Waals surface area contributed by atoms with E-state index in [0.29, 0.717) is 5.69 Å². The number of carbonyl (C=O) groups is 2. The summed E-state index contributed by atoms with van der Waals surface area (Å²) in [6, 6.07) is 7.70. The van der Waals surface area contributed by atoms with Crippen molar-refractivity contribution in [3.8, 4) is 0 Å². The molecule has 0 fully saturated rings. The van der Waals surface area contributed by atoms with Crippen LogP contribution in [0.3, 0.4) is 0 Å². The van der Waals surface area contributed by atoms with E-state index in [-0.39, 0.29) is 23.4 Å². The number of para-hydroxylation sites is 1. The second kappa shape index (κ2) is 9.30. The van der Waals surface area contributed by atoms with Crippen LogP contribution in [0.4, 0.5) is 10.1 Å². The van der Waals surface area contributed by atoms with Gasteiger partial charge in [0, 0.05) is 12.7 Å². The summed E-state index contributed by atoms with van der Waals surface area (Å²) in [4.78, 5) is 20.9. The van der Waals surface area contributed by atoms with Gasteiger partial charge in [-0.3, -0.25) is 9.59 Å². The Balaban J connectivity index is 0.00000114. The molecule has 1 atom stereocenters. The molecule has 1 aromatic heterocycles. The Morgan fingerprint density at radius 3 is 2.41 bits per heavy atom. The van der Waals surface area contributed by atoms with E-state index in [4.69, 9.17) is 9.90 Å². The fraction of sp³-hybridized carbons (Fsp3) is 0.450. The van der Waals surface area contributed by atoms with Crippen LogP contribution >= 0.6 is 0 Å². The van der Waals surface area contributed by atoms with Crippen molar-refractivity contribution in [2.45, 2.75) is 47.0 Å². The third kappa shape index (κ3) is 6.20. The Labute approximate surface area is 159 Å². The Morgan fingerprint density at radius 2 is 1.93 bits per heavy atom. The molecule has 2 N–H and O–H groups in total. The Morgan fingerprint density at radius 1 is 1.37 bits per heavy atom. The summed E-state index contributed by atoms with van der Waals surface area (Å²) in [5.74, 6) is -0.805. The number of aryl methyl sites for hydroxylation is 2. The van der Waals surface area contributed by atoms with Crippen molar-refractivity contribution in [1.82, 2.24) is 9.78 Å². The summed E-state index contributed by atoms with van der Waals surface area (Å²) in [6.45, 7) is 10.1. The summed E-state index contributed by atoms with van der Waals surface area (Å²) in [5, 5.41) is 13.7. The van der Waals surface area contributed by atoms with Crippen molar-refractivity contribution in [3.05, 3.63) is 47.0 Å². The Kier molecular flexibility index (Phi) is 7.69. The monoisotopic (exact) mass is 377 g/mol. The van der Waals surface area contributed by atoms with Gasteiger partial charge in [-0.15, -0.1) is 0 Å². The van der Waals surface area contributed by atoms with Crippen molar-refractivity contribution in [2.75, 3.05) is 5.32 Å². The minimum Gasteiger partial charge on any atom is -0.483 e. The number of nitrogens with zero attached hydrogens (tertiary/aromatic N) is 2. The molecule has 2 rings (SSSR count). The summed E-state index contributed by atoms with van der Waals surface area (Å²) in [6.07, 6.45) is 0.986. The lowest BCUT2D eigenvalue weighted by Gasteiger charge is -2.25. The fourth-order valence-electron chi connectivity index (χ4n) is 3.14. The first kappa shape index (κ1) is 22.3. The van der Waals surface area contributed by atoms with Crippen LogP contribution in [0.5, 0.6) is 0 Å². The number of benzene rings is 1. The average molecular weight is 377 g/mol. The molecule has 0 aliphatic rings. The number of rotatable bonds is 4. The van der Waals surface area contributed by atoms with Gasteiger partial charge in [0.25, 0.3) is 12.4 Å². The maximum atomic E-state index is 14.1. The number of hydrogen-bond donors (Lipinski definition) is 2. The van der Waals surface area contributed by atoms with E-state index in [2.05, 4.69) is 38.1 Å². The van der Waals surface area contributed by atoms with Crippen LogP contribution in [0.1, 0.15) is 61.6 Å². The summed E-state index contributed by atoms with van der Waals surface area (Å²) in [7, 11) is 1.48. The minimum absolute atomic E-state index is 0.00391. The molecule has 0 radical (unpaired) electrons. The largest absolute Gasteiger partial charge is 0.483 e. The third-order valence-corrected chi connectivity index (χ3v) is 4.04. The first-order valence-electron chi connectivity index (χ1n) is 8.69. The molecule has 27 heavy (non-hydrogen) atoms. The van der Waals surface area contributed by atoms with Crippen LogP contribution in [0.25, 0.3) is 0 Å². The number of aromatic nitrogens is 2.